The topological polar surface area (TPSA) is 55.3 Å². The van der Waals surface area contributed by atoms with E-state index < -0.39 is 0 Å². The van der Waals surface area contributed by atoms with E-state index >= 15 is 0 Å². The second kappa shape index (κ2) is 5.87. The van der Waals surface area contributed by atoms with Crippen LogP contribution in [-0.4, -0.2) is 46.8 Å². The summed E-state index contributed by atoms with van der Waals surface area (Å²) in [6.45, 7) is 4.22. The molecule has 1 aromatic rings. The molecule has 1 saturated heterocycles. The largest absolute Gasteiger partial charge is 0.376 e. The number of amides is 1. The Kier molecular flexibility index (Phi) is 3.96. The van der Waals surface area contributed by atoms with Crippen LogP contribution in [0, 0.1) is 12.8 Å². The number of ether oxygens (including phenoxy) is 1. The smallest absolute Gasteiger partial charge is 0.255 e. The predicted molar refractivity (Wildman–Crippen MR) is 74.4 cm³/mol. The van der Waals surface area contributed by atoms with Gasteiger partial charge in [0.15, 0.2) is 0 Å². The number of piperidine rings is 1. The Morgan fingerprint density at radius 2 is 2.30 bits per heavy atom. The summed E-state index contributed by atoms with van der Waals surface area (Å²) in [5.41, 5.74) is 1.40. The van der Waals surface area contributed by atoms with E-state index in [1.54, 1.807) is 12.3 Å². The zero-order valence-corrected chi connectivity index (χ0v) is 11.9. The van der Waals surface area contributed by atoms with Crippen molar-refractivity contribution in [1.82, 2.24) is 15.1 Å². The van der Waals surface area contributed by atoms with Gasteiger partial charge in [0.05, 0.1) is 23.6 Å². The molecule has 1 atom stereocenters. The molecular weight excluding hydrogens is 254 g/mol. The average molecular weight is 275 g/mol. The minimum atomic E-state index is 0.0442. The minimum Gasteiger partial charge on any atom is -0.376 e. The Balaban J connectivity index is 1.59. The summed E-state index contributed by atoms with van der Waals surface area (Å²) in [6, 6.07) is 1.80. The highest BCUT2D eigenvalue weighted by Gasteiger charge is 2.28. The van der Waals surface area contributed by atoms with Crippen molar-refractivity contribution in [3.05, 3.63) is 23.5 Å². The molecule has 2 fully saturated rings. The second-order valence-corrected chi connectivity index (χ2v) is 5.88. The quantitative estimate of drug-likeness (QED) is 0.841. The Morgan fingerprint density at radius 1 is 1.45 bits per heavy atom. The van der Waals surface area contributed by atoms with Crippen molar-refractivity contribution in [2.75, 3.05) is 19.7 Å². The molecule has 5 heteroatoms. The van der Waals surface area contributed by atoms with Crippen LogP contribution in [0.3, 0.4) is 0 Å². The highest BCUT2D eigenvalue weighted by atomic mass is 16.5. The Labute approximate surface area is 119 Å². The number of likely N-dealkylation sites (tertiary alicyclic amines) is 1. The van der Waals surface area contributed by atoms with Crippen LogP contribution in [-0.2, 0) is 4.74 Å². The maximum absolute atomic E-state index is 12.5. The lowest BCUT2D eigenvalue weighted by Crippen LogP contribution is -2.43. The van der Waals surface area contributed by atoms with Crippen molar-refractivity contribution in [2.45, 2.75) is 38.7 Å². The van der Waals surface area contributed by atoms with Gasteiger partial charge in [-0.3, -0.25) is 4.79 Å². The van der Waals surface area contributed by atoms with E-state index in [0.29, 0.717) is 12.1 Å². The van der Waals surface area contributed by atoms with E-state index in [1.165, 1.54) is 12.8 Å². The van der Waals surface area contributed by atoms with Crippen molar-refractivity contribution in [3.63, 3.8) is 0 Å². The molecule has 1 aliphatic carbocycles. The molecule has 108 valence electrons. The standard InChI is InChI=1S/C15H21N3O2/c1-11-7-13(8-16-17-11)15(19)18-6-2-3-14(9-18)20-10-12-4-5-12/h7-8,12,14H,2-6,9-10H2,1H3. The monoisotopic (exact) mass is 275 g/mol. The number of aryl methyl sites for hydroxylation is 1. The van der Waals surface area contributed by atoms with E-state index in [1.807, 2.05) is 11.8 Å². The van der Waals surface area contributed by atoms with Crippen molar-refractivity contribution in [2.24, 2.45) is 5.92 Å². The van der Waals surface area contributed by atoms with Gasteiger partial charge in [0.2, 0.25) is 0 Å². The molecule has 0 bridgehead atoms. The van der Waals surface area contributed by atoms with E-state index in [0.717, 1.165) is 37.6 Å². The first-order valence-electron chi connectivity index (χ1n) is 7.42. The number of nitrogens with zero attached hydrogens (tertiary/aromatic N) is 3. The summed E-state index contributed by atoms with van der Waals surface area (Å²) in [4.78, 5) is 14.3. The number of carbonyl (C=O) groups excluding carboxylic acids is 1. The normalized spacial score (nSPS) is 22.9. The molecule has 1 unspecified atom stereocenters. The molecule has 1 aliphatic heterocycles. The summed E-state index contributed by atoms with van der Waals surface area (Å²) in [5.74, 6) is 0.816. The first-order chi connectivity index (χ1) is 9.72. The van der Waals surface area contributed by atoms with E-state index in [2.05, 4.69) is 10.2 Å². The fourth-order valence-corrected chi connectivity index (χ4v) is 2.59. The number of carbonyl (C=O) groups is 1. The highest BCUT2D eigenvalue weighted by Crippen LogP contribution is 2.30. The lowest BCUT2D eigenvalue weighted by Gasteiger charge is -2.32. The van der Waals surface area contributed by atoms with Gasteiger partial charge < -0.3 is 9.64 Å². The first kappa shape index (κ1) is 13.5. The maximum atomic E-state index is 12.5. The molecule has 3 rings (SSSR count). The third-order valence-electron chi connectivity index (χ3n) is 3.95. The van der Waals surface area contributed by atoms with Crippen LogP contribution in [0.2, 0.25) is 0 Å². The molecule has 2 aliphatic rings. The summed E-state index contributed by atoms with van der Waals surface area (Å²) in [7, 11) is 0. The summed E-state index contributed by atoms with van der Waals surface area (Å²) >= 11 is 0. The fraction of sp³-hybridized carbons (Fsp3) is 0.667. The number of rotatable bonds is 4. The fourth-order valence-electron chi connectivity index (χ4n) is 2.59. The van der Waals surface area contributed by atoms with Gasteiger partial charge >= 0.3 is 0 Å². The van der Waals surface area contributed by atoms with E-state index in [9.17, 15) is 4.79 Å². The van der Waals surface area contributed by atoms with Crippen LogP contribution in [0.5, 0.6) is 0 Å². The zero-order chi connectivity index (χ0) is 13.9. The molecule has 5 nitrogen and oxygen atoms in total. The predicted octanol–water partition coefficient (Wildman–Crippen LogP) is 1.82. The minimum absolute atomic E-state index is 0.0442. The number of hydrogen-bond donors (Lipinski definition) is 0. The maximum Gasteiger partial charge on any atom is 0.255 e. The first-order valence-corrected chi connectivity index (χ1v) is 7.42. The van der Waals surface area contributed by atoms with E-state index in [4.69, 9.17) is 4.74 Å². The molecule has 0 radical (unpaired) electrons. The Bertz CT molecular complexity index is 488. The summed E-state index contributed by atoms with van der Waals surface area (Å²) in [6.07, 6.45) is 6.42. The van der Waals surface area contributed by atoms with Crippen LogP contribution < -0.4 is 0 Å². The van der Waals surface area contributed by atoms with Crippen LogP contribution in [0.1, 0.15) is 41.7 Å². The van der Waals surface area contributed by atoms with Gasteiger partial charge in [-0.05, 0) is 44.6 Å². The van der Waals surface area contributed by atoms with Gasteiger partial charge in [-0.15, -0.1) is 0 Å². The molecule has 0 spiro atoms. The van der Waals surface area contributed by atoms with Gasteiger partial charge in [0.25, 0.3) is 5.91 Å². The zero-order valence-electron chi connectivity index (χ0n) is 11.9. The Hall–Kier alpha value is -1.49. The molecule has 1 amide bonds. The lowest BCUT2D eigenvalue weighted by molar-refractivity contribution is -0.00244. The van der Waals surface area contributed by atoms with Gasteiger partial charge in [0.1, 0.15) is 0 Å². The number of hydrogen-bond acceptors (Lipinski definition) is 4. The molecule has 20 heavy (non-hydrogen) atoms. The number of aromatic nitrogens is 2. The van der Waals surface area contributed by atoms with Gasteiger partial charge in [0, 0.05) is 19.7 Å². The summed E-state index contributed by atoms with van der Waals surface area (Å²) in [5, 5.41) is 7.75. The molecular formula is C15H21N3O2. The molecule has 0 N–H and O–H groups in total. The van der Waals surface area contributed by atoms with Crippen LogP contribution in [0.4, 0.5) is 0 Å². The second-order valence-electron chi connectivity index (χ2n) is 5.88. The molecule has 2 heterocycles. The van der Waals surface area contributed by atoms with E-state index in [-0.39, 0.29) is 12.0 Å². The summed E-state index contributed by atoms with van der Waals surface area (Å²) < 4.78 is 5.93. The average Bonchev–Trinajstić information content (AvgIpc) is 3.29. The van der Waals surface area contributed by atoms with Gasteiger partial charge in [-0.2, -0.15) is 10.2 Å². The third kappa shape index (κ3) is 3.33. The third-order valence-corrected chi connectivity index (χ3v) is 3.95. The van der Waals surface area contributed by atoms with Gasteiger partial charge in [-0.1, -0.05) is 0 Å². The SMILES string of the molecule is Cc1cc(C(=O)N2CCCC(OCC3CC3)C2)cnn1. The van der Waals surface area contributed by atoms with Crippen molar-refractivity contribution < 1.29 is 9.53 Å². The van der Waals surface area contributed by atoms with Crippen LogP contribution in [0.15, 0.2) is 12.3 Å². The Morgan fingerprint density at radius 3 is 3.05 bits per heavy atom. The van der Waals surface area contributed by atoms with Crippen molar-refractivity contribution in [1.29, 1.82) is 0 Å². The lowest BCUT2D eigenvalue weighted by atomic mass is 10.1. The van der Waals surface area contributed by atoms with Gasteiger partial charge in [-0.25, -0.2) is 0 Å². The highest BCUT2D eigenvalue weighted by molar-refractivity contribution is 5.94. The molecule has 1 saturated carbocycles. The molecule has 1 aromatic heterocycles. The van der Waals surface area contributed by atoms with Crippen molar-refractivity contribution >= 4 is 5.91 Å². The van der Waals surface area contributed by atoms with Crippen LogP contribution >= 0.6 is 0 Å². The molecule has 0 aromatic carbocycles. The van der Waals surface area contributed by atoms with Crippen LogP contribution in [0.25, 0.3) is 0 Å². The van der Waals surface area contributed by atoms with Crippen molar-refractivity contribution in [3.8, 4) is 0 Å².